The van der Waals surface area contributed by atoms with Gasteiger partial charge in [-0.05, 0) is 20.8 Å². The fourth-order valence-electron chi connectivity index (χ4n) is 1.28. The van der Waals surface area contributed by atoms with E-state index >= 15 is 0 Å². The molecule has 0 aliphatic rings. The maximum absolute atomic E-state index is 10.5. The van der Waals surface area contributed by atoms with Crippen LogP contribution in [0.3, 0.4) is 0 Å². The second kappa shape index (κ2) is 3.60. The summed E-state index contributed by atoms with van der Waals surface area (Å²) in [6.45, 7) is 5.88. The van der Waals surface area contributed by atoms with Crippen molar-refractivity contribution in [2.75, 3.05) is 0 Å². The number of hydrogen-bond donors (Lipinski definition) is 1. The third-order valence-corrected chi connectivity index (χ3v) is 1.80. The third kappa shape index (κ3) is 2.31. The van der Waals surface area contributed by atoms with Gasteiger partial charge in [-0.1, -0.05) is 0 Å². The molecule has 0 spiro atoms. The Bertz CT molecular complexity index is 315. The SMILES string of the molecule is Cc1cn(C(C)C)c(CC(=O)O)n1. The van der Waals surface area contributed by atoms with Crippen LogP contribution in [0.15, 0.2) is 6.20 Å². The maximum Gasteiger partial charge on any atom is 0.311 e. The Balaban J connectivity index is 2.97. The molecule has 0 unspecified atom stereocenters. The summed E-state index contributed by atoms with van der Waals surface area (Å²) in [5.74, 6) is -0.215. The predicted molar refractivity (Wildman–Crippen MR) is 48.7 cm³/mol. The van der Waals surface area contributed by atoms with Gasteiger partial charge < -0.3 is 9.67 Å². The van der Waals surface area contributed by atoms with E-state index in [4.69, 9.17) is 5.11 Å². The number of carboxylic acids is 1. The maximum atomic E-state index is 10.5. The van der Waals surface area contributed by atoms with E-state index in [0.29, 0.717) is 5.82 Å². The van der Waals surface area contributed by atoms with E-state index in [2.05, 4.69) is 4.98 Å². The molecule has 0 aromatic carbocycles. The molecule has 0 saturated heterocycles. The number of imidazole rings is 1. The smallest absolute Gasteiger partial charge is 0.311 e. The van der Waals surface area contributed by atoms with Gasteiger partial charge in [0, 0.05) is 12.2 Å². The molecule has 0 saturated carbocycles. The lowest BCUT2D eigenvalue weighted by Crippen LogP contribution is -2.10. The zero-order chi connectivity index (χ0) is 10.0. The molecule has 0 aliphatic carbocycles. The van der Waals surface area contributed by atoms with Crippen LogP contribution in [-0.2, 0) is 11.2 Å². The third-order valence-electron chi connectivity index (χ3n) is 1.80. The van der Waals surface area contributed by atoms with E-state index in [0.717, 1.165) is 5.69 Å². The number of carboxylic acid groups (broad SMARTS) is 1. The van der Waals surface area contributed by atoms with Gasteiger partial charge in [-0.25, -0.2) is 4.98 Å². The van der Waals surface area contributed by atoms with Gasteiger partial charge in [0.15, 0.2) is 0 Å². The fourth-order valence-corrected chi connectivity index (χ4v) is 1.28. The van der Waals surface area contributed by atoms with Gasteiger partial charge in [0.1, 0.15) is 12.2 Å². The number of hydrogen-bond acceptors (Lipinski definition) is 2. The van der Waals surface area contributed by atoms with Gasteiger partial charge in [-0.15, -0.1) is 0 Å². The summed E-state index contributed by atoms with van der Waals surface area (Å²) in [6, 6.07) is 0.260. The Morgan fingerprint density at radius 3 is 2.77 bits per heavy atom. The summed E-state index contributed by atoms with van der Waals surface area (Å²) in [7, 11) is 0. The highest BCUT2D eigenvalue weighted by Gasteiger charge is 2.11. The van der Waals surface area contributed by atoms with Crippen molar-refractivity contribution >= 4 is 5.97 Å². The monoisotopic (exact) mass is 182 g/mol. The normalized spacial score (nSPS) is 10.8. The molecule has 1 N–H and O–H groups in total. The van der Waals surface area contributed by atoms with Crippen molar-refractivity contribution in [3.8, 4) is 0 Å². The lowest BCUT2D eigenvalue weighted by Gasteiger charge is -2.09. The van der Waals surface area contributed by atoms with Crippen molar-refractivity contribution in [1.29, 1.82) is 0 Å². The van der Waals surface area contributed by atoms with Crippen LogP contribution in [0.1, 0.15) is 31.4 Å². The van der Waals surface area contributed by atoms with Gasteiger partial charge in [0.25, 0.3) is 0 Å². The molecule has 0 atom stereocenters. The van der Waals surface area contributed by atoms with Crippen LogP contribution in [0, 0.1) is 6.92 Å². The highest BCUT2D eigenvalue weighted by atomic mass is 16.4. The largest absolute Gasteiger partial charge is 0.481 e. The Morgan fingerprint density at radius 1 is 1.69 bits per heavy atom. The average molecular weight is 182 g/mol. The molecule has 1 heterocycles. The quantitative estimate of drug-likeness (QED) is 0.768. The molecule has 0 aliphatic heterocycles. The first kappa shape index (κ1) is 9.77. The van der Waals surface area contributed by atoms with Crippen LogP contribution in [-0.4, -0.2) is 20.6 Å². The highest BCUT2D eigenvalue weighted by molar-refractivity contribution is 5.69. The fraction of sp³-hybridized carbons (Fsp3) is 0.556. The summed E-state index contributed by atoms with van der Waals surface area (Å²) in [5.41, 5.74) is 0.866. The zero-order valence-electron chi connectivity index (χ0n) is 8.11. The minimum atomic E-state index is -0.840. The molecule has 1 aromatic heterocycles. The van der Waals surface area contributed by atoms with E-state index < -0.39 is 5.97 Å². The van der Waals surface area contributed by atoms with E-state index in [1.165, 1.54) is 0 Å². The number of aryl methyl sites for hydroxylation is 1. The Morgan fingerprint density at radius 2 is 2.31 bits per heavy atom. The predicted octanol–water partition coefficient (Wildman–Crippen LogP) is 1.40. The van der Waals surface area contributed by atoms with Gasteiger partial charge in [-0.2, -0.15) is 0 Å². The first-order valence-electron chi connectivity index (χ1n) is 4.27. The topological polar surface area (TPSA) is 55.1 Å². The van der Waals surface area contributed by atoms with Gasteiger partial charge in [0.05, 0.1) is 5.69 Å². The van der Waals surface area contributed by atoms with Gasteiger partial charge >= 0.3 is 5.97 Å². The number of carbonyl (C=O) groups is 1. The molecule has 0 radical (unpaired) electrons. The Labute approximate surface area is 77.2 Å². The lowest BCUT2D eigenvalue weighted by atomic mass is 10.3. The minimum absolute atomic E-state index is 0.00792. The van der Waals surface area contributed by atoms with Crippen LogP contribution in [0.2, 0.25) is 0 Å². The highest BCUT2D eigenvalue weighted by Crippen LogP contribution is 2.11. The Kier molecular flexibility index (Phi) is 2.70. The molecule has 1 rings (SSSR count). The minimum Gasteiger partial charge on any atom is -0.481 e. The molecular formula is C9H14N2O2. The zero-order valence-corrected chi connectivity index (χ0v) is 8.11. The second-order valence-electron chi connectivity index (χ2n) is 3.37. The van der Waals surface area contributed by atoms with Crippen LogP contribution in [0.5, 0.6) is 0 Å². The van der Waals surface area contributed by atoms with Gasteiger partial charge in [0.2, 0.25) is 0 Å². The molecule has 0 bridgehead atoms. The first-order chi connectivity index (χ1) is 6.00. The Hall–Kier alpha value is -1.32. The number of aliphatic carboxylic acids is 1. The molecule has 13 heavy (non-hydrogen) atoms. The van der Waals surface area contributed by atoms with E-state index in [-0.39, 0.29) is 12.5 Å². The second-order valence-corrected chi connectivity index (χ2v) is 3.37. The van der Waals surface area contributed by atoms with E-state index in [1.807, 2.05) is 31.5 Å². The summed E-state index contributed by atoms with van der Waals surface area (Å²) >= 11 is 0. The lowest BCUT2D eigenvalue weighted by molar-refractivity contribution is -0.136. The molecule has 72 valence electrons. The number of aromatic nitrogens is 2. The summed E-state index contributed by atoms with van der Waals surface area (Å²) in [5, 5.41) is 8.63. The summed E-state index contributed by atoms with van der Waals surface area (Å²) in [4.78, 5) is 14.7. The van der Waals surface area contributed by atoms with Crippen LogP contribution in [0.4, 0.5) is 0 Å². The molecule has 4 heteroatoms. The van der Waals surface area contributed by atoms with Crippen LogP contribution in [0.25, 0.3) is 0 Å². The first-order valence-corrected chi connectivity index (χ1v) is 4.27. The number of rotatable bonds is 3. The van der Waals surface area contributed by atoms with E-state index in [1.54, 1.807) is 0 Å². The van der Waals surface area contributed by atoms with Crippen LogP contribution < -0.4 is 0 Å². The van der Waals surface area contributed by atoms with Gasteiger partial charge in [-0.3, -0.25) is 4.79 Å². The van der Waals surface area contributed by atoms with E-state index in [9.17, 15) is 4.79 Å². The standard InChI is InChI=1S/C9H14N2O2/c1-6(2)11-5-7(3)10-8(11)4-9(12)13/h5-6H,4H2,1-3H3,(H,12,13). The molecular weight excluding hydrogens is 168 g/mol. The summed E-state index contributed by atoms with van der Waals surface area (Å²) in [6.07, 6.45) is 1.87. The number of nitrogens with zero attached hydrogens (tertiary/aromatic N) is 2. The van der Waals surface area contributed by atoms with Crippen molar-refractivity contribution in [2.24, 2.45) is 0 Å². The molecule has 4 nitrogen and oxygen atoms in total. The summed E-state index contributed by atoms with van der Waals surface area (Å²) < 4.78 is 1.89. The van der Waals surface area contributed by atoms with Crippen molar-refractivity contribution in [3.05, 3.63) is 17.7 Å². The van der Waals surface area contributed by atoms with Crippen molar-refractivity contribution in [1.82, 2.24) is 9.55 Å². The van der Waals surface area contributed by atoms with Crippen molar-refractivity contribution in [2.45, 2.75) is 33.2 Å². The van der Waals surface area contributed by atoms with Crippen molar-refractivity contribution < 1.29 is 9.90 Å². The van der Waals surface area contributed by atoms with Crippen LogP contribution >= 0.6 is 0 Å². The molecule has 0 amide bonds. The molecule has 1 aromatic rings. The average Bonchev–Trinajstić information content (AvgIpc) is 2.29. The molecule has 0 fully saturated rings. The van der Waals surface area contributed by atoms with Crippen molar-refractivity contribution in [3.63, 3.8) is 0 Å².